The molecular formula is C19H26N2O5. The molecule has 142 valence electrons. The van der Waals surface area contributed by atoms with Gasteiger partial charge in [0, 0.05) is 25.9 Å². The molecule has 1 N–H and O–H groups in total. The lowest BCUT2D eigenvalue weighted by Gasteiger charge is -2.27. The van der Waals surface area contributed by atoms with Gasteiger partial charge in [-0.1, -0.05) is 0 Å². The van der Waals surface area contributed by atoms with Crippen molar-refractivity contribution in [2.75, 3.05) is 45.3 Å². The standard InChI is InChI=1S/C19H26N2O5/c1-19(24-2,14-3-4-14)18(23)20-15-5-7-16(8-6-15)26-13-17(22)21-9-11-25-12-10-21/h5-8,14H,3-4,9-13H2,1-2H3,(H,20,23)/t19-/m0/s1. The van der Waals surface area contributed by atoms with E-state index in [1.807, 2.05) is 6.92 Å². The molecule has 26 heavy (non-hydrogen) atoms. The molecule has 0 unspecified atom stereocenters. The van der Waals surface area contributed by atoms with Gasteiger partial charge in [0.1, 0.15) is 11.4 Å². The molecule has 1 saturated carbocycles. The van der Waals surface area contributed by atoms with Crippen molar-refractivity contribution in [1.82, 2.24) is 4.90 Å². The molecule has 1 aromatic carbocycles. The molecule has 0 spiro atoms. The van der Waals surface area contributed by atoms with Gasteiger partial charge in [0.2, 0.25) is 0 Å². The highest BCUT2D eigenvalue weighted by Gasteiger charge is 2.47. The first-order chi connectivity index (χ1) is 12.5. The van der Waals surface area contributed by atoms with E-state index in [9.17, 15) is 9.59 Å². The fourth-order valence-corrected chi connectivity index (χ4v) is 3.02. The van der Waals surface area contributed by atoms with Gasteiger partial charge in [0.15, 0.2) is 6.61 Å². The smallest absolute Gasteiger partial charge is 0.260 e. The summed E-state index contributed by atoms with van der Waals surface area (Å²) in [6, 6.07) is 7.00. The first-order valence-electron chi connectivity index (χ1n) is 8.98. The van der Waals surface area contributed by atoms with E-state index >= 15 is 0 Å². The van der Waals surface area contributed by atoms with Crippen molar-refractivity contribution in [2.45, 2.75) is 25.4 Å². The second-order valence-corrected chi connectivity index (χ2v) is 6.85. The van der Waals surface area contributed by atoms with Crippen LogP contribution in [-0.2, 0) is 19.1 Å². The SMILES string of the molecule is CO[C@](C)(C(=O)Nc1ccc(OCC(=O)N2CCOCC2)cc1)C1CC1. The van der Waals surface area contributed by atoms with E-state index < -0.39 is 5.60 Å². The van der Waals surface area contributed by atoms with E-state index in [0.29, 0.717) is 37.7 Å². The Morgan fingerprint density at radius 3 is 2.46 bits per heavy atom. The first kappa shape index (κ1) is 18.7. The molecular weight excluding hydrogens is 336 g/mol. The number of nitrogens with one attached hydrogen (secondary N) is 1. The van der Waals surface area contributed by atoms with Crippen molar-refractivity contribution < 1.29 is 23.8 Å². The third kappa shape index (κ3) is 4.34. The van der Waals surface area contributed by atoms with Crippen LogP contribution >= 0.6 is 0 Å². The second kappa shape index (κ2) is 8.05. The summed E-state index contributed by atoms with van der Waals surface area (Å²) in [7, 11) is 1.57. The maximum Gasteiger partial charge on any atom is 0.260 e. The number of nitrogens with zero attached hydrogens (tertiary/aromatic N) is 1. The van der Waals surface area contributed by atoms with Crippen molar-refractivity contribution in [3.63, 3.8) is 0 Å². The van der Waals surface area contributed by atoms with Crippen LogP contribution in [0.15, 0.2) is 24.3 Å². The molecule has 0 aromatic heterocycles. The number of rotatable bonds is 7. The van der Waals surface area contributed by atoms with Gasteiger partial charge in [-0.25, -0.2) is 0 Å². The summed E-state index contributed by atoms with van der Waals surface area (Å²) in [5.74, 6) is 0.673. The van der Waals surface area contributed by atoms with E-state index in [0.717, 1.165) is 12.8 Å². The predicted molar refractivity (Wildman–Crippen MR) is 96.1 cm³/mol. The van der Waals surface area contributed by atoms with Crippen molar-refractivity contribution in [2.24, 2.45) is 5.92 Å². The molecule has 2 fully saturated rings. The van der Waals surface area contributed by atoms with E-state index in [1.54, 1.807) is 36.3 Å². The van der Waals surface area contributed by atoms with Gasteiger partial charge in [-0.3, -0.25) is 9.59 Å². The Morgan fingerprint density at radius 2 is 1.88 bits per heavy atom. The summed E-state index contributed by atoms with van der Waals surface area (Å²) in [6.45, 7) is 4.17. The zero-order valence-corrected chi connectivity index (χ0v) is 15.3. The van der Waals surface area contributed by atoms with Gasteiger partial charge in [0.05, 0.1) is 13.2 Å². The third-order valence-electron chi connectivity index (χ3n) is 5.07. The summed E-state index contributed by atoms with van der Waals surface area (Å²) in [6.07, 6.45) is 2.03. The zero-order valence-electron chi connectivity index (χ0n) is 15.3. The van der Waals surface area contributed by atoms with Crippen LogP contribution in [-0.4, -0.2) is 62.3 Å². The second-order valence-electron chi connectivity index (χ2n) is 6.85. The number of amides is 2. The van der Waals surface area contributed by atoms with E-state index in [2.05, 4.69) is 5.32 Å². The Balaban J connectivity index is 1.50. The van der Waals surface area contributed by atoms with Crippen LogP contribution in [0.5, 0.6) is 5.75 Å². The highest BCUT2D eigenvalue weighted by Crippen LogP contribution is 2.42. The minimum Gasteiger partial charge on any atom is -0.484 e. The summed E-state index contributed by atoms with van der Waals surface area (Å²) in [4.78, 5) is 26.3. The van der Waals surface area contributed by atoms with Crippen LogP contribution in [0.1, 0.15) is 19.8 Å². The molecule has 1 aliphatic heterocycles. The van der Waals surface area contributed by atoms with Gasteiger partial charge in [-0.2, -0.15) is 0 Å². The van der Waals surface area contributed by atoms with Gasteiger partial charge >= 0.3 is 0 Å². The molecule has 1 aromatic rings. The van der Waals surface area contributed by atoms with Crippen LogP contribution in [0.3, 0.4) is 0 Å². The Labute approximate surface area is 153 Å². The van der Waals surface area contributed by atoms with Crippen molar-refractivity contribution in [3.8, 4) is 5.75 Å². The number of morpholine rings is 1. The first-order valence-corrected chi connectivity index (χ1v) is 8.98. The zero-order chi connectivity index (χ0) is 18.6. The molecule has 0 radical (unpaired) electrons. The quantitative estimate of drug-likeness (QED) is 0.799. The molecule has 3 rings (SSSR count). The molecule has 7 nitrogen and oxygen atoms in total. The summed E-state index contributed by atoms with van der Waals surface area (Å²) in [5, 5.41) is 2.89. The molecule has 2 amide bonds. The lowest BCUT2D eigenvalue weighted by atomic mass is 9.99. The van der Waals surface area contributed by atoms with Crippen molar-refractivity contribution in [1.29, 1.82) is 0 Å². The van der Waals surface area contributed by atoms with Crippen LogP contribution in [0, 0.1) is 5.92 Å². The maximum absolute atomic E-state index is 12.5. The monoisotopic (exact) mass is 362 g/mol. The largest absolute Gasteiger partial charge is 0.484 e. The summed E-state index contributed by atoms with van der Waals surface area (Å²) >= 11 is 0. The molecule has 7 heteroatoms. The maximum atomic E-state index is 12.5. The third-order valence-corrected chi connectivity index (χ3v) is 5.07. The van der Waals surface area contributed by atoms with Crippen LogP contribution in [0.25, 0.3) is 0 Å². The number of hydrogen-bond acceptors (Lipinski definition) is 5. The number of anilines is 1. The lowest BCUT2D eigenvalue weighted by Crippen LogP contribution is -2.44. The van der Waals surface area contributed by atoms with E-state index in [1.165, 1.54) is 0 Å². The Kier molecular flexibility index (Phi) is 5.78. The number of methoxy groups -OCH3 is 1. The summed E-state index contributed by atoms with van der Waals surface area (Å²) < 4.78 is 16.2. The van der Waals surface area contributed by atoms with E-state index in [4.69, 9.17) is 14.2 Å². The number of ether oxygens (including phenoxy) is 3. The van der Waals surface area contributed by atoms with Gasteiger partial charge in [-0.05, 0) is 49.9 Å². The van der Waals surface area contributed by atoms with Gasteiger partial charge in [0.25, 0.3) is 11.8 Å². The number of benzene rings is 1. The van der Waals surface area contributed by atoms with Crippen LogP contribution in [0.2, 0.25) is 0 Å². The summed E-state index contributed by atoms with van der Waals surface area (Å²) in [5.41, 5.74) is -0.120. The number of carbonyl (C=O) groups is 2. The minimum absolute atomic E-state index is 0.00483. The lowest BCUT2D eigenvalue weighted by molar-refractivity contribution is -0.138. The van der Waals surface area contributed by atoms with Crippen molar-refractivity contribution >= 4 is 17.5 Å². The van der Waals surface area contributed by atoms with E-state index in [-0.39, 0.29) is 24.3 Å². The average molecular weight is 362 g/mol. The van der Waals surface area contributed by atoms with Gasteiger partial charge < -0.3 is 24.4 Å². The fraction of sp³-hybridized carbons (Fsp3) is 0.579. The molecule has 1 heterocycles. The molecule has 1 saturated heterocycles. The van der Waals surface area contributed by atoms with Crippen molar-refractivity contribution in [3.05, 3.63) is 24.3 Å². The topological polar surface area (TPSA) is 77.1 Å². The average Bonchev–Trinajstić information content (AvgIpc) is 3.53. The Bertz CT molecular complexity index is 638. The van der Waals surface area contributed by atoms with Crippen LogP contribution in [0.4, 0.5) is 5.69 Å². The minimum atomic E-state index is -0.792. The Hall–Kier alpha value is -2.12. The van der Waals surface area contributed by atoms with Gasteiger partial charge in [-0.15, -0.1) is 0 Å². The molecule has 1 aliphatic carbocycles. The molecule has 1 atom stereocenters. The molecule has 2 aliphatic rings. The highest BCUT2D eigenvalue weighted by molar-refractivity contribution is 5.97. The predicted octanol–water partition coefficient (Wildman–Crippen LogP) is 1.68. The normalized spacial score (nSPS) is 19.5. The highest BCUT2D eigenvalue weighted by atomic mass is 16.5. The molecule has 0 bridgehead atoms. The fourth-order valence-electron chi connectivity index (χ4n) is 3.02. The number of carbonyl (C=O) groups excluding carboxylic acids is 2. The number of hydrogen-bond donors (Lipinski definition) is 1. The Morgan fingerprint density at radius 1 is 1.23 bits per heavy atom. The van der Waals surface area contributed by atoms with Crippen LogP contribution < -0.4 is 10.1 Å².